The molecule has 1 atom stereocenters. The van der Waals surface area contributed by atoms with Crippen LogP contribution in [0.1, 0.15) is 26.7 Å². The Morgan fingerprint density at radius 3 is 2.63 bits per heavy atom. The molecule has 4 N–H and O–H groups in total. The summed E-state index contributed by atoms with van der Waals surface area (Å²) in [7, 11) is -3.86. The standard InChI is InChI=1S/C12H19FN2O3S/c1-3-6-12(2,16)8-15-19(17,18)9-4-5-11(14)10(13)7-9/h4-5,7,15-16H,3,6,8,14H2,1-2H3. The third-order valence-corrected chi connectivity index (χ3v) is 4.11. The van der Waals surface area contributed by atoms with E-state index in [-0.39, 0.29) is 17.1 Å². The smallest absolute Gasteiger partial charge is 0.240 e. The van der Waals surface area contributed by atoms with E-state index in [4.69, 9.17) is 5.73 Å². The predicted molar refractivity (Wildman–Crippen MR) is 71.5 cm³/mol. The third kappa shape index (κ3) is 4.45. The van der Waals surface area contributed by atoms with E-state index in [1.54, 1.807) is 6.92 Å². The Morgan fingerprint density at radius 2 is 2.11 bits per heavy atom. The molecule has 108 valence electrons. The molecule has 0 aromatic heterocycles. The molecule has 1 aromatic rings. The van der Waals surface area contributed by atoms with E-state index in [1.807, 2.05) is 6.92 Å². The van der Waals surface area contributed by atoms with Crippen molar-refractivity contribution >= 4 is 15.7 Å². The number of anilines is 1. The molecule has 0 spiro atoms. The SMILES string of the molecule is CCCC(C)(O)CNS(=O)(=O)c1ccc(N)c(F)c1. The quantitative estimate of drug-likeness (QED) is 0.687. The lowest BCUT2D eigenvalue weighted by Crippen LogP contribution is -2.40. The van der Waals surface area contributed by atoms with Gasteiger partial charge in [-0.05, 0) is 31.5 Å². The molecule has 0 bridgehead atoms. The highest BCUT2D eigenvalue weighted by atomic mass is 32.2. The van der Waals surface area contributed by atoms with Gasteiger partial charge in [0, 0.05) is 6.54 Å². The normalized spacial score (nSPS) is 15.2. The van der Waals surface area contributed by atoms with Crippen LogP contribution in [0.15, 0.2) is 23.1 Å². The first-order valence-corrected chi connectivity index (χ1v) is 7.43. The van der Waals surface area contributed by atoms with Crippen molar-refractivity contribution in [1.29, 1.82) is 0 Å². The summed E-state index contributed by atoms with van der Waals surface area (Å²) in [5.74, 6) is -0.789. The van der Waals surface area contributed by atoms with Crippen molar-refractivity contribution in [2.75, 3.05) is 12.3 Å². The lowest BCUT2D eigenvalue weighted by molar-refractivity contribution is 0.0554. The summed E-state index contributed by atoms with van der Waals surface area (Å²) in [5, 5.41) is 9.90. The molecular weight excluding hydrogens is 271 g/mol. The Kier molecular flexibility index (Phi) is 4.89. The minimum Gasteiger partial charge on any atom is -0.396 e. The molecule has 19 heavy (non-hydrogen) atoms. The van der Waals surface area contributed by atoms with Crippen molar-refractivity contribution in [1.82, 2.24) is 4.72 Å². The van der Waals surface area contributed by atoms with E-state index in [0.29, 0.717) is 6.42 Å². The van der Waals surface area contributed by atoms with E-state index in [0.717, 1.165) is 12.5 Å². The molecule has 0 aliphatic rings. The fourth-order valence-corrected chi connectivity index (χ4v) is 2.81. The number of nitrogens with two attached hydrogens (primary N) is 1. The van der Waals surface area contributed by atoms with Gasteiger partial charge in [0.25, 0.3) is 0 Å². The van der Waals surface area contributed by atoms with Gasteiger partial charge in [-0.3, -0.25) is 0 Å². The highest BCUT2D eigenvalue weighted by Crippen LogP contribution is 2.17. The number of nitrogen functional groups attached to an aromatic ring is 1. The van der Waals surface area contributed by atoms with E-state index in [2.05, 4.69) is 4.72 Å². The summed E-state index contributed by atoms with van der Waals surface area (Å²) in [6.45, 7) is 3.30. The van der Waals surface area contributed by atoms with Gasteiger partial charge in [0.1, 0.15) is 5.82 Å². The average molecular weight is 290 g/mol. The fraction of sp³-hybridized carbons (Fsp3) is 0.500. The van der Waals surface area contributed by atoms with Gasteiger partial charge in [0.2, 0.25) is 10.0 Å². The van der Waals surface area contributed by atoms with Gasteiger partial charge in [-0.2, -0.15) is 0 Å². The zero-order valence-electron chi connectivity index (χ0n) is 11.0. The van der Waals surface area contributed by atoms with Crippen molar-refractivity contribution in [3.05, 3.63) is 24.0 Å². The number of nitrogens with one attached hydrogen (secondary N) is 1. The molecule has 7 heteroatoms. The monoisotopic (exact) mass is 290 g/mol. The lowest BCUT2D eigenvalue weighted by Gasteiger charge is -2.22. The van der Waals surface area contributed by atoms with Crippen LogP contribution < -0.4 is 10.5 Å². The predicted octanol–water partition coefficient (Wildman–Crippen LogP) is 1.24. The number of hydrogen-bond donors (Lipinski definition) is 3. The molecule has 0 saturated carbocycles. The second kappa shape index (κ2) is 5.85. The molecule has 0 aliphatic carbocycles. The van der Waals surface area contributed by atoms with Crippen molar-refractivity contribution in [2.24, 2.45) is 0 Å². The van der Waals surface area contributed by atoms with Crippen LogP contribution >= 0.6 is 0 Å². The van der Waals surface area contributed by atoms with Crippen LogP contribution in [-0.2, 0) is 10.0 Å². The third-order valence-electron chi connectivity index (χ3n) is 2.71. The molecule has 1 aromatic carbocycles. The highest BCUT2D eigenvalue weighted by molar-refractivity contribution is 7.89. The van der Waals surface area contributed by atoms with Crippen LogP contribution in [0.4, 0.5) is 10.1 Å². The second-order valence-electron chi connectivity index (χ2n) is 4.75. The molecule has 0 fully saturated rings. The summed E-state index contributed by atoms with van der Waals surface area (Å²) < 4.78 is 39.3. The number of hydrogen-bond acceptors (Lipinski definition) is 4. The van der Waals surface area contributed by atoms with Crippen molar-refractivity contribution in [2.45, 2.75) is 37.2 Å². The first-order chi connectivity index (χ1) is 8.68. The van der Waals surface area contributed by atoms with Gasteiger partial charge >= 0.3 is 0 Å². The number of benzene rings is 1. The summed E-state index contributed by atoms with van der Waals surface area (Å²) >= 11 is 0. The fourth-order valence-electron chi connectivity index (χ4n) is 1.64. The van der Waals surface area contributed by atoms with Crippen LogP contribution in [0, 0.1) is 5.82 Å². The number of aliphatic hydroxyl groups is 1. The van der Waals surface area contributed by atoms with Crippen LogP contribution in [-0.4, -0.2) is 25.7 Å². The van der Waals surface area contributed by atoms with Gasteiger partial charge in [0.15, 0.2) is 0 Å². The Balaban J connectivity index is 2.84. The minimum absolute atomic E-state index is 0.114. The van der Waals surface area contributed by atoms with E-state index in [9.17, 15) is 17.9 Å². The first kappa shape index (κ1) is 15.9. The van der Waals surface area contributed by atoms with E-state index < -0.39 is 21.4 Å². The van der Waals surface area contributed by atoms with Crippen molar-refractivity contribution in [3.8, 4) is 0 Å². The zero-order chi connectivity index (χ0) is 14.7. The maximum atomic E-state index is 13.2. The topological polar surface area (TPSA) is 92.4 Å². The van der Waals surface area contributed by atoms with Gasteiger partial charge in [-0.1, -0.05) is 13.3 Å². The Labute approximate surface area is 112 Å². The molecule has 0 aliphatic heterocycles. The van der Waals surface area contributed by atoms with Gasteiger partial charge in [-0.25, -0.2) is 17.5 Å². The van der Waals surface area contributed by atoms with Crippen molar-refractivity contribution < 1.29 is 17.9 Å². The summed E-state index contributed by atoms with van der Waals surface area (Å²) in [4.78, 5) is -0.216. The van der Waals surface area contributed by atoms with E-state index in [1.165, 1.54) is 12.1 Å². The Morgan fingerprint density at radius 1 is 1.47 bits per heavy atom. The molecule has 1 unspecified atom stereocenters. The molecule has 0 saturated heterocycles. The number of halogens is 1. The molecule has 0 radical (unpaired) electrons. The molecule has 0 heterocycles. The van der Waals surface area contributed by atoms with Gasteiger partial charge in [0.05, 0.1) is 16.2 Å². The number of sulfonamides is 1. The van der Waals surface area contributed by atoms with Crippen molar-refractivity contribution in [3.63, 3.8) is 0 Å². The first-order valence-electron chi connectivity index (χ1n) is 5.95. The molecule has 5 nitrogen and oxygen atoms in total. The maximum absolute atomic E-state index is 13.2. The van der Waals surface area contributed by atoms with Crippen LogP contribution in [0.3, 0.4) is 0 Å². The number of rotatable bonds is 6. The Hall–Kier alpha value is -1.18. The van der Waals surface area contributed by atoms with Gasteiger partial charge < -0.3 is 10.8 Å². The lowest BCUT2D eigenvalue weighted by atomic mass is 10.0. The average Bonchev–Trinajstić information content (AvgIpc) is 2.30. The van der Waals surface area contributed by atoms with Crippen LogP contribution in [0.5, 0.6) is 0 Å². The second-order valence-corrected chi connectivity index (χ2v) is 6.52. The Bertz CT molecular complexity index is 544. The molecule has 1 rings (SSSR count). The largest absolute Gasteiger partial charge is 0.396 e. The van der Waals surface area contributed by atoms with Crippen LogP contribution in [0.2, 0.25) is 0 Å². The van der Waals surface area contributed by atoms with Crippen LogP contribution in [0.25, 0.3) is 0 Å². The maximum Gasteiger partial charge on any atom is 0.240 e. The van der Waals surface area contributed by atoms with Gasteiger partial charge in [-0.15, -0.1) is 0 Å². The molecular formula is C12H19FN2O3S. The summed E-state index contributed by atoms with van der Waals surface area (Å²) in [6, 6.07) is 3.26. The summed E-state index contributed by atoms with van der Waals surface area (Å²) in [5.41, 5.74) is 4.04. The zero-order valence-corrected chi connectivity index (χ0v) is 11.8. The minimum atomic E-state index is -3.86. The molecule has 0 amide bonds. The summed E-state index contributed by atoms with van der Waals surface area (Å²) in [6.07, 6.45) is 1.19. The highest BCUT2D eigenvalue weighted by Gasteiger charge is 2.23. The van der Waals surface area contributed by atoms with E-state index >= 15 is 0 Å².